The van der Waals surface area contributed by atoms with Gasteiger partial charge < -0.3 is 10.0 Å². The van der Waals surface area contributed by atoms with Crippen molar-refractivity contribution in [2.24, 2.45) is 5.92 Å². The first-order valence-electron chi connectivity index (χ1n) is 6.11. The van der Waals surface area contributed by atoms with E-state index in [-0.39, 0.29) is 18.4 Å². The van der Waals surface area contributed by atoms with E-state index in [1.165, 1.54) is 0 Å². The molecule has 1 rings (SSSR count). The summed E-state index contributed by atoms with van der Waals surface area (Å²) in [7, 11) is 0. The number of hydrogen-bond acceptors (Lipinski definition) is 3. The molecule has 0 fully saturated rings. The van der Waals surface area contributed by atoms with Crippen LogP contribution in [0.15, 0.2) is 30.3 Å². The molecule has 100 valence electrons. The fourth-order valence-corrected chi connectivity index (χ4v) is 2.47. The Labute approximate surface area is 113 Å². The van der Waals surface area contributed by atoms with Crippen LogP contribution in [-0.2, 0) is 11.3 Å². The van der Waals surface area contributed by atoms with Crippen molar-refractivity contribution in [3.8, 4) is 0 Å². The summed E-state index contributed by atoms with van der Waals surface area (Å²) in [5, 5.41) is 9.08. The summed E-state index contributed by atoms with van der Waals surface area (Å²) in [6.07, 6.45) is 2.00. The zero-order valence-corrected chi connectivity index (χ0v) is 11.8. The zero-order valence-electron chi connectivity index (χ0n) is 11.0. The summed E-state index contributed by atoms with van der Waals surface area (Å²) in [4.78, 5) is 14.0. The third-order valence-electron chi connectivity index (χ3n) is 2.74. The summed E-state index contributed by atoms with van der Waals surface area (Å²) in [6, 6.07) is 9.87. The van der Waals surface area contributed by atoms with Crippen molar-refractivity contribution in [2.45, 2.75) is 13.5 Å². The van der Waals surface area contributed by atoms with Gasteiger partial charge in [-0.3, -0.25) is 4.79 Å². The summed E-state index contributed by atoms with van der Waals surface area (Å²) in [5.41, 5.74) is 1.09. The van der Waals surface area contributed by atoms with Crippen molar-refractivity contribution >= 4 is 17.7 Å². The van der Waals surface area contributed by atoms with Gasteiger partial charge in [0.25, 0.3) is 0 Å². The van der Waals surface area contributed by atoms with Crippen LogP contribution in [-0.4, -0.2) is 41.1 Å². The monoisotopic (exact) mass is 267 g/mol. The van der Waals surface area contributed by atoms with Crippen LogP contribution in [0.1, 0.15) is 12.5 Å². The molecular weight excluding hydrogens is 246 g/mol. The van der Waals surface area contributed by atoms with Gasteiger partial charge in [0.05, 0.1) is 6.61 Å². The highest BCUT2D eigenvalue weighted by atomic mass is 32.2. The fraction of sp³-hybridized carbons (Fsp3) is 0.500. The van der Waals surface area contributed by atoms with Crippen molar-refractivity contribution in [3.63, 3.8) is 0 Å². The number of thioether (sulfide) groups is 1. The van der Waals surface area contributed by atoms with Crippen LogP contribution in [0.3, 0.4) is 0 Å². The lowest BCUT2D eigenvalue weighted by Crippen LogP contribution is -2.37. The lowest BCUT2D eigenvalue weighted by Gasteiger charge is -2.25. The van der Waals surface area contributed by atoms with E-state index >= 15 is 0 Å². The van der Waals surface area contributed by atoms with E-state index in [0.29, 0.717) is 13.1 Å². The summed E-state index contributed by atoms with van der Waals surface area (Å²) in [6.45, 7) is 2.91. The van der Waals surface area contributed by atoms with Gasteiger partial charge in [-0.2, -0.15) is 11.8 Å². The largest absolute Gasteiger partial charge is 0.395 e. The molecule has 0 aliphatic carbocycles. The van der Waals surface area contributed by atoms with Crippen molar-refractivity contribution in [2.75, 3.05) is 25.2 Å². The molecule has 1 unspecified atom stereocenters. The number of aliphatic hydroxyl groups is 1. The van der Waals surface area contributed by atoms with E-state index in [1.54, 1.807) is 16.7 Å². The standard InChI is InChI=1S/C14H21NO2S/c1-12(11-18-2)14(17)15(8-9-16)10-13-6-4-3-5-7-13/h3-7,12,16H,8-11H2,1-2H3. The van der Waals surface area contributed by atoms with Crippen molar-refractivity contribution in [1.82, 2.24) is 4.90 Å². The van der Waals surface area contributed by atoms with Gasteiger partial charge in [0.1, 0.15) is 0 Å². The van der Waals surface area contributed by atoms with E-state index in [4.69, 9.17) is 5.11 Å². The molecule has 1 aromatic carbocycles. The third-order valence-corrected chi connectivity index (χ3v) is 3.57. The lowest BCUT2D eigenvalue weighted by molar-refractivity contribution is -0.135. The Kier molecular flexibility index (Phi) is 6.83. The van der Waals surface area contributed by atoms with Crippen LogP contribution in [0.5, 0.6) is 0 Å². The Morgan fingerprint density at radius 3 is 2.61 bits per heavy atom. The average molecular weight is 267 g/mol. The fourth-order valence-electron chi connectivity index (χ4n) is 1.82. The highest BCUT2D eigenvalue weighted by Crippen LogP contribution is 2.12. The van der Waals surface area contributed by atoms with Gasteiger partial charge in [0.15, 0.2) is 0 Å². The van der Waals surface area contributed by atoms with E-state index in [1.807, 2.05) is 43.5 Å². The van der Waals surface area contributed by atoms with Gasteiger partial charge in [-0.15, -0.1) is 0 Å². The van der Waals surface area contributed by atoms with E-state index in [2.05, 4.69) is 0 Å². The lowest BCUT2D eigenvalue weighted by atomic mass is 10.1. The molecule has 1 atom stereocenters. The van der Waals surface area contributed by atoms with Crippen molar-refractivity contribution in [3.05, 3.63) is 35.9 Å². The van der Waals surface area contributed by atoms with Crippen LogP contribution in [0.25, 0.3) is 0 Å². The maximum atomic E-state index is 12.2. The molecule has 0 aromatic heterocycles. The Balaban J connectivity index is 2.67. The molecule has 1 aromatic rings. The molecule has 0 aliphatic rings. The van der Waals surface area contributed by atoms with E-state index in [9.17, 15) is 4.79 Å². The van der Waals surface area contributed by atoms with Gasteiger partial charge >= 0.3 is 0 Å². The molecule has 3 nitrogen and oxygen atoms in total. The van der Waals surface area contributed by atoms with Crippen molar-refractivity contribution in [1.29, 1.82) is 0 Å². The second kappa shape index (κ2) is 8.16. The molecule has 1 N–H and O–H groups in total. The van der Waals surface area contributed by atoms with Crippen LogP contribution in [0.2, 0.25) is 0 Å². The van der Waals surface area contributed by atoms with Gasteiger partial charge in [0, 0.05) is 24.8 Å². The molecule has 0 bridgehead atoms. The Morgan fingerprint density at radius 1 is 1.39 bits per heavy atom. The molecule has 0 saturated heterocycles. The van der Waals surface area contributed by atoms with Gasteiger partial charge in [0.2, 0.25) is 5.91 Å². The number of carbonyl (C=O) groups is 1. The first kappa shape index (κ1) is 15.1. The number of nitrogens with zero attached hydrogens (tertiary/aromatic N) is 1. The second-order valence-electron chi connectivity index (χ2n) is 4.33. The molecule has 1 amide bonds. The third kappa shape index (κ3) is 4.70. The molecule has 0 radical (unpaired) electrons. The predicted molar refractivity (Wildman–Crippen MR) is 76.5 cm³/mol. The van der Waals surface area contributed by atoms with Gasteiger partial charge in [-0.1, -0.05) is 37.3 Å². The average Bonchev–Trinajstić information content (AvgIpc) is 2.39. The van der Waals surface area contributed by atoms with Crippen LogP contribution in [0, 0.1) is 5.92 Å². The quantitative estimate of drug-likeness (QED) is 0.821. The van der Waals surface area contributed by atoms with Gasteiger partial charge in [-0.05, 0) is 11.8 Å². The molecule has 0 aliphatic heterocycles. The minimum Gasteiger partial charge on any atom is -0.395 e. The first-order valence-corrected chi connectivity index (χ1v) is 7.51. The number of amides is 1. The summed E-state index contributed by atoms with van der Waals surface area (Å²) >= 11 is 1.67. The maximum Gasteiger partial charge on any atom is 0.226 e. The smallest absolute Gasteiger partial charge is 0.226 e. The minimum absolute atomic E-state index is 0.00439. The molecule has 18 heavy (non-hydrogen) atoms. The van der Waals surface area contributed by atoms with Gasteiger partial charge in [-0.25, -0.2) is 0 Å². The topological polar surface area (TPSA) is 40.5 Å². The number of aliphatic hydroxyl groups excluding tert-OH is 1. The maximum absolute atomic E-state index is 12.2. The van der Waals surface area contributed by atoms with Crippen molar-refractivity contribution < 1.29 is 9.90 Å². The highest BCUT2D eigenvalue weighted by molar-refractivity contribution is 7.98. The van der Waals surface area contributed by atoms with E-state index in [0.717, 1.165) is 11.3 Å². The molecule has 4 heteroatoms. The number of carbonyl (C=O) groups excluding carboxylic acids is 1. The molecule has 0 heterocycles. The Hall–Kier alpha value is -1.00. The predicted octanol–water partition coefficient (Wildman–Crippen LogP) is 2.01. The second-order valence-corrected chi connectivity index (χ2v) is 5.24. The summed E-state index contributed by atoms with van der Waals surface area (Å²) < 4.78 is 0. The zero-order chi connectivity index (χ0) is 13.4. The number of benzene rings is 1. The first-order chi connectivity index (χ1) is 8.69. The SMILES string of the molecule is CSCC(C)C(=O)N(CCO)Cc1ccccc1. The Bertz CT molecular complexity index is 356. The molecular formula is C14H21NO2S. The highest BCUT2D eigenvalue weighted by Gasteiger charge is 2.19. The van der Waals surface area contributed by atoms with E-state index < -0.39 is 0 Å². The van der Waals surface area contributed by atoms with Crippen LogP contribution >= 0.6 is 11.8 Å². The Morgan fingerprint density at radius 2 is 2.06 bits per heavy atom. The van der Waals surface area contributed by atoms with Crippen LogP contribution < -0.4 is 0 Å². The minimum atomic E-state index is -0.00439. The normalized spacial score (nSPS) is 12.2. The number of rotatable bonds is 7. The summed E-state index contributed by atoms with van der Waals surface area (Å²) in [5.74, 6) is 0.924. The van der Waals surface area contributed by atoms with Crippen LogP contribution in [0.4, 0.5) is 0 Å². The molecule has 0 saturated carbocycles. The molecule has 0 spiro atoms. The number of hydrogen-bond donors (Lipinski definition) is 1.